The molecule has 2 aromatic rings. The van der Waals surface area contributed by atoms with Crippen LogP contribution in [0.2, 0.25) is 5.02 Å². The van der Waals surface area contributed by atoms with Crippen LogP contribution in [-0.2, 0) is 4.79 Å². The average Bonchev–Trinajstić information content (AvgIpc) is 2.69. The van der Waals surface area contributed by atoms with Gasteiger partial charge in [0.05, 0.1) is 5.69 Å². The zero-order valence-electron chi connectivity index (χ0n) is 15.6. The van der Waals surface area contributed by atoms with Gasteiger partial charge in [0, 0.05) is 18.1 Å². The van der Waals surface area contributed by atoms with Crippen molar-refractivity contribution in [3.05, 3.63) is 64.9 Å². The summed E-state index contributed by atoms with van der Waals surface area (Å²) in [7, 11) is 0. The number of piperidine rings is 1. The van der Waals surface area contributed by atoms with Gasteiger partial charge in [0.1, 0.15) is 11.9 Å². The molecule has 1 saturated heterocycles. The predicted molar refractivity (Wildman–Crippen MR) is 108 cm³/mol. The topological polar surface area (TPSA) is 61.4 Å². The molecule has 3 amide bonds. The fraction of sp³-hybridized carbons (Fsp3) is 0.333. The summed E-state index contributed by atoms with van der Waals surface area (Å²) in [6.45, 7) is 3.50. The van der Waals surface area contributed by atoms with Gasteiger partial charge in [0.15, 0.2) is 0 Å². The lowest BCUT2D eigenvalue weighted by molar-refractivity contribution is -0.134. The zero-order valence-corrected chi connectivity index (χ0v) is 16.4. The third kappa shape index (κ3) is 5.01. The van der Waals surface area contributed by atoms with Crippen LogP contribution in [0.5, 0.6) is 0 Å². The number of halogens is 2. The van der Waals surface area contributed by atoms with E-state index in [2.05, 4.69) is 17.6 Å². The zero-order chi connectivity index (χ0) is 20.1. The number of urea groups is 1. The van der Waals surface area contributed by atoms with Crippen molar-refractivity contribution >= 4 is 29.2 Å². The molecule has 5 nitrogen and oxygen atoms in total. The number of hydrogen-bond donors (Lipinski definition) is 2. The molecule has 1 fully saturated rings. The van der Waals surface area contributed by atoms with Crippen LogP contribution in [0.15, 0.2) is 48.5 Å². The SMILES string of the molecule is CC1CCN(C(=O)C(NC(=O)Nc2ccc(Cl)cc2F)c2ccccc2)CC1. The van der Waals surface area contributed by atoms with Crippen molar-refractivity contribution in [2.75, 3.05) is 18.4 Å². The number of hydrogen-bond acceptors (Lipinski definition) is 2. The Kier molecular flexibility index (Phi) is 6.52. The van der Waals surface area contributed by atoms with E-state index in [0.29, 0.717) is 24.6 Å². The molecular weight excluding hydrogens is 381 g/mol. The van der Waals surface area contributed by atoms with Crippen molar-refractivity contribution in [2.24, 2.45) is 5.92 Å². The minimum absolute atomic E-state index is 0.00652. The maximum Gasteiger partial charge on any atom is 0.320 e. The molecule has 28 heavy (non-hydrogen) atoms. The van der Waals surface area contributed by atoms with Gasteiger partial charge in [-0.1, -0.05) is 48.9 Å². The lowest BCUT2D eigenvalue weighted by atomic mass is 9.97. The van der Waals surface area contributed by atoms with E-state index in [1.54, 1.807) is 17.0 Å². The molecular formula is C21H23ClFN3O2. The second-order valence-electron chi connectivity index (χ2n) is 7.07. The third-order valence-corrected chi connectivity index (χ3v) is 5.17. The van der Waals surface area contributed by atoms with Crippen LogP contribution in [-0.4, -0.2) is 29.9 Å². The van der Waals surface area contributed by atoms with Gasteiger partial charge in [-0.15, -0.1) is 0 Å². The van der Waals surface area contributed by atoms with Crippen molar-refractivity contribution in [3.8, 4) is 0 Å². The van der Waals surface area contributed by atoms with E-state index in [1.165, 1.54) is 12.1 Å². The van der Waals surface area contributed by atoms with Crippen LogP contribution in [0.25, 0.3) is 0 Å². The van der Waals surface area contributed by atoms with Gasteiger partial charge in [-0.05, 0) is 42.5 Å². The highest BCUT2D eigenvalue weighted by Crippen LogP contribution is 2.23. The summed E-state index contributed by atoms with van der Waals surface area (Å²) in [4.78, 5) is 27.4. The number of rotatable bonds is 4. The van der Waals surface area contributed by atoms with E-state index in [4.69, 9.17) is 11.6 Å². The van der Waals surface area contributed by atoms with Crippen LogP contribution < -0.4 is 10.6 Å². The van der Waals surface area contributed by atoms with Crippen LogP contribution in [0.4, 0.5) is 14.9 Å². The Hall–Kier alpha value is -2.60. The largest absolute Gasteiger partial charge is 0.341 e. The van der Waals surface area contributed by atoms with E-state index in [0.717, 1.165) is 18.9 Å². The Labute approximate surface area is 168 Å². The Bertz CT molecular complexity index is 839. The molecule has 2 N–H and O–H groups in total. The van der Waals surface area contributed by atoms with Crippen LogP contribution in [0.3, 0.4) is 0 Å². The van der Waals surface area contributed by atoms with Gasteiger partial charge < -0.3 is 15.5 Å². The monoisotopic (exact) mass is 403 g/mol. The highest BCUT2D eigenvalue weighted by atomic mass is 35.5. The van der Waals surface area contributed by atoms with E-state index < -0.39 is 17.9 Å². The third-order valence-electron chi connectivity index (χ3n) is 4.93. The van der Waals surface area contributed by atoms with E-state index in [-0.39, 0.29) is 16.6 Å². The number of nitrogens with one attached hydrogen (secondary N) is 2. The molecule has 1 heterocycles. The summed E-state index contributed by atoms with van der Waals surface area (Å²) in [5.74, 6) is -0.219. The molecule has 0 spiro atoms. The molecule has 0 aliphatic carbocycles. The van der Waals surface area contributed by atoms with Crippen LogP contribution >= 0.6 is 11.6 Å². The van der Waals surface area contributed by atoms with Crippen molar-refractivity contribution in [3.63, 3.8) is 0 Å². The first kappa shape index (κ1) is 20.1. The summed E-state index contributed by atoms with van der Waals surface area (Å²) in [5.41, 5.74) is 0.672. The molecule has 0 bridgehead atoms. The minimum atomic E-state index is -0.843. The Balaban J connectivity index is 1.75. The van der Waals surface area contributed by atoms with Crippen LogP contribution in [0, 0.1) is 11.7 Å². The number of likely N-dealkylation sites (tertiary alicyclic amines) is 1. The summed E-state index contributed by atoms with van der Waals surface area (Å²) in [6, 6.07) is 11.5. The molecule has 1 aliphatic heterocycles. The Morgan fingerprint density at radius 2 is 1.82 bits per heavy atom. The molecule has 2 aromatic carbocycles. The fourth-order valence-corrected chi connectivity index (χ4v) is 3.38. The first-order valence-corrected chi connectivity index (χ1v) is 9.68. The predicted octanol–water partition coefficient (Wildman–Crippen LogP) is 4.60. The highest BCUT2D eigenvalue weighted by Gasteiger charge is 2.29. The molecule has 1 aliphatic rings. The molecule has 0 saturated carbocycles. The van der Waals surface area contributed by atoms with Crippen molar-refractivity contribution in [2.45, 2.75) is 25.8 Å². The second-order valence-corrected chi connectivity index (χ2v) is 7.51. The first-order valence-electron chi connectivity index (χ1n) is 9.30. The summed E-state index contributed by atoms with van der Waals surface area (Å²) in [5, 5.41) is 5.38. The first-order chi connectivity index (χ1) is 13.4. The molecule has 148 valence electrons. The standard InChI is InChI=1S/C21H23ClFN3O2/c1-14-9-11-26(12-10-14)20(27)19(15-5-3-2-4-6-15)25-21(28)24-18-8-7-16(22)13-17(18)23/h2-8,13-14,19H,9-12H2,1H3,(H2,24,25,28). The second kappa shape index (κ2) is 9.06. The number of amides is 3. The Morgan fingerprint density at radius 1 is 1.14 bits per heavy atom. The van der Waals surface area contributed by atoms with Gasteiger partial charge in [-0.3, -0.25) is 4.79 Å². The molecule has 1 atom stereocenters. The van der Waals surface area contributed by atoms with E-state index in [9.17, 15) is 14.0 Å². The number of benzene rings is 2. The van der Waals surface area contributed by atoms with Gasteiger partial charge in [-0.2, -0.15) is 0 Å². The molecule has 1 unspecified atom stereocenters. The van der Waals surface area contributed by atoms with Crippen molar-refractivity contribution in [1.29, 1.82) is 0 Å². The maximum atomic E-state index is 14.0. The minimum Gasteiger partial charge on any atom is -0.341 e. The van der Waals surface area contributed by atoms with E-state index in [1.807, 2.05) is 18.2 Å². The molecule has 0 radical (unpaired) electrons. The van der Waals surface area contributed by atoms with Gasteiger partial charge in [0.25, 0.3) is 0 Å². The average molecular weight is 404 g/mol. The van der Waals surface area contributed by atoms with Crippen molar-refractivity contribution < 1.29 is 14.0 Å². The smallest absolute Gasteiger partial charge is 0.320 e. The van der Waals surface area contributed by atoms with Gasteiger partial charge >= 0.3 is 6.03 Å². The van der Waals surface area contributed by atoms with E-state index >= 15 is 0 Å². The lowest BCUT2D eigenvalue weighted by Gasteiger charge is -2.33. The number of carbonyl (C=O) groups is 2. The quantitative estimate of drug-likeness (QED) is 0.783. The number of anilines is 1. The van der Waals surface area contributed by atoms with Gasteiger partial charge in [0.2, 0.25) is 5.91 Å². The summed E-state index contributed by atoms with van der Waals surface area (Å²) < 4.78 is 14.0. The van der Waals surface area contributed by atoms with Gasteiger partial charge in [-0.25, -0.2) is 9.18 Å². The summed E-state index contributed by atoms with van der Waals surface area (Å²) in [6.07, 6.45) is 1.88. The lowest BCUT2D eigenvalue weighted by Crippen LogP contribution is -2.46. The number of nitrogens with zero attached hydrogens (tertiary/aromatic N) is 1. The molecule has 0 aromatic heterocycles. The van der Waals surface area contributed by atoms with Crippen LogP contribution in [0.1, 0.15) is 31.4 Å². The van der Waals surface area contributed by atoms with Crippen molar-refractivity contribution in [1.82, 2.24) is 10.2 Å². The number of carbonyl (C=O) groups excluding carboxylic acids is 2. The highest BCUT2D eigenvalue weighted by molar-refractivity contribution is 6.30. The molecule has 7 heteroatoms. The Morgan fingerprint density at radius 3 is 2.46 bits per heavy atom. The normalized spacial score (nSPS) is 15.8. The fourth-order valence-electron chi connectivity index (χ4n) is 3.23. The molecule has 3 rings (SSSR count). The summed E-state index contributed by atoms with van der Waals surface area (Å²) >= 11 is 5.74. The maximum absolute atomic E-state index is 14.0.